The number of hydrogen-bond acceptors (Lipinski definition) is 6. The number of aryl methyl sites for hydroxylation is 2. The summed E-state index contributed by atoms with van der Waals surface area (Å²) in [4.78, 5) is 42.2. The van der Waals surface area contributed by atoms with E-state index in [1.54, 1.807) is 19.1 Å². The van der Waals surface area contributed by atoms with Gasteiger partial charge < -0.3 is 14.1 Å². The molecule has 0 atom stereocenters. The first-order valence-electron chi connectivity index (χ1n) is 13.2. The van der Waals surface area contributed by atoms with E-state index in [9.17, 15) is 14.4 Å². The summed E-state index contributed by atoms with van der Waals surface area (Å²) in [5.41, 5.74) is 3.91. The molecule has 1 aliphatic rings. The van der Waals surface area contributed by atoms with Gasteiger partial charge in [-0.3, -0.25) is 14.5 Å². The molecule has 0 aliphatic carbocycles. The van der Waals surface area contributed by atoms with Gasteiger partial charge in [-0.05, 0) is 48.2 Å². The number of piperazine rings is 1. The smallest absolute Gasteiger partial charge is 0.340 e. The predicted octanol–water partition coefficient (Wildman–Crippen LogP) is 4.81. The molecule has 1 aromatic heterocycles. The largest absolute Gasteiger partial charge is 0.426 e. The lowest BCUT2D eigenvalue weighted by atomic mass is 9.96. The molecule has 200 valence electrons. The van der Waals surface area contributed by atoms with Crippen LogP contribution in [0.2, 0.25) is 0 Å². The summed E-state index contributed by atoms with van der Waals surface area (Å²) in [6.45, 7) is 7.47. The lowest BCUT2D eigenvalue weighted by Crippen LogP contribution is -2.50. The maximum Gasteiger partial charge on any atom is 0.340 e. The third-order valence-corrected chi connectivity index (χ3v) is 7.33. The van der Waals surface area contributed by atoms with E-state index in [4.69, 9.17) is 9.15 Å². The minimum atomic E-state index is -0.542. The summed E-state index contributed by atoms with van der Waals surface area (Å²) in [5, 5.41) is 0.539. The summed E-state index contributed by atoms with van der Waals surface area (Å²) in [6, 6.07) is 24.4. The van der Waals surface area contributed by atoms with E-state index in [0.29, 0.717) is 54.0 Å². The van der Waals surface area contributed by atoms with Gasteiger partial charge in [-0.25, -0.2) is 4.79 Å². The van der Waals surface area contributed by atoms with Gasteiger partial charge in [-0.1, -0.05) is 60.7 Å². The summed E-state index contributed by atoms with van der Waals surface area (Å²) < 4.78 is 11.0. The Hall–Kier alpha value is -4.23. The Morgan fingerprint density at radius 1 is 0.897 bits per heavy atom. The lowest BCUT2D eigenvalue weighted by molar-refractivity contribution is -0.133. The molecular formula is C32H32N2O5. The van der Waals surface area contributed by atoms with E-state index >= 15 is 0 Å². The van der Waals surface area contributed by atoms with E-state index in [-0.39, 0.29) is 18.4 Å². The van der Waals surface area contributed by atoms with Gasteiger partial charge in [-0.2, -0.15) is 0 Å². The molecule has 0 saturated carbocycles. The second kappa shape index (κ2) is 11.3. The van der Waals surface area contributed by atoms with Gasteiger partial charge in [0, 0.05) is 33.1 Å². The molecule has 3 aromatic carbocycles. The number of benzene rings is 3. The molecule has 1 saturated heterocycles. The highest BCUT2D eigenvalue weighted by molar-refractivity contribution is 5.91. The highest BCUT2D eigenvalue weighted by atomic mass is 16.5. The fourth-order valence-electron chi connectivity index (χ4n) is 5.45. The number of carbonyl (C=O) groups is 2. The van der Waals surface area contributed by atoms with Crippen LogP contribution in [-0.4, -0.2) is 47.9 Å². The van der Waals surface area contributed by atoms with E-state index in [1.807, 2.05) is 24.0 Å². The van der Waals surface area contributed by atoms with Crippen LogP contribution in [0.3, 0.4) is 0 Å². The molecule has 0 bridgehead atoms. The Morgan fingerprint density at radius 3 is 2.05 bits per heavy atom. The standard InChI is InChI=1S/C32H32N2O5/c1-21-18-27(38-23(3)35)30-22(2)26(32(37)39-28(30)19-21)20-29(36)33-14-16-34(17-15-33)31(24-10-6-4-7-11-24)25-12-8-5-9-13-25/h4-13,18-19,31H,14-17,20H2,1-3H3. The quantitative estimate of drug-likeness (QED) is 0.205. The Bertz CT molecular complexity index is 1520. The topological polar surface area (TPSA) is 80.1 Å². The summed E-state index contributed by atoms with van der Waals surface area (Å²) >= 11 is 0. The van der Waals surface area contributed by atoms with Crippen LogP contribution in [0.5, 0.6) is 5.75 Å². The Morgan fingerprint density at radius 2 is 1.49 bits per heavy atom. The first-order valence-corrected chi connectivity index (χ1v) is 13.2. The zero-order valence-electron chi connectivity index (χ0n) is 22.5. The van der Waals surface area contributed by atoms with E-state index in [1.165, 1.54) is 18.1 Å². The van der Waals surface area contributed by atoms with Gasteiger partial charge in [0.2, 0.25) is 5.91 Å². The molecule has 1 fully saturated rings. The summed E-state index contributed by atoms with van der Waals surface area (Å²) in [6.07, 6.45) is -0.0711. The second-order valence-corrected chi connectivity index (χ2v) is 10.0. The van der Waals surface area contributed by atoms with Gasteiger partial charge in [0.05, 0.1) is 23.4 Å². The average molecular weight is 525 g/mol. The van der Waals surface area contributed by atoms with Crippen molar-refractivity contribution in [2.24, 2.45) is 0 Å². The number of amides is 1. The van der Waals surface area contributed by atoms with Crippen molar-refractivity contribution in [2.75, 3.05) is 26.2 Å². The Labute approximate surface area is 227 Å². The van der Waals surface area contributed by atoms with E-state index in [0.717, 1.165) is 5.56 Å². The predicted molar refractivity (Wildman–Crippen MR) is 150 cm³/mol. The number of rotatable bonds is 6. The maximum absolute atomic E-state index is 13.4. The third-order valence-electron chi connectivity index (χ3n) is 7.33. The minimum Gasteiger partial charge on any atom is -0.426 e. The number of nitrogens with zero attached hydrogens (tertiary/aromatic N) is 2. The third kappa shape index (κ3) is 5.64. The van der Waals surface area contributed by atoms with Crippen molar-refractivity contribution < 1.29 is 18.7 Å². The van der Waals surface area contributed by atoms with Crippen molar-refractivity contribution in [1.29, 1.82) is 0 Å². The number of esters is 1. The van der Waals surface area contributed by atoms with Crippen LogP contribution < -0.4 is 10.4 Å². The van der Waals surface area contributed by atoms with Crippen LogP contribution in [0.15, 0.2) is 82.0 Å². The van der Waals surface area contributed by atoms with Crippen molar-refractivity contribution in [3.8, 4) is 5.75 Å². The SMILES string of the molecule is CC(=O)Oc1cc(C)cc2oc(=O)c(CC(=O)N3CCN(C(c4ccccc4)c4ccccc4)CC3)c(C)c12. The first kappa shape index (κ1) is 26.4. The molecule has 39 heavy (non-hydrogen) atoms. The fourth-order valence-corrected chi connectivity index (χ4v) is 5.45. The normalized spacial score (nSPS) is 14.1. The molecule has 1 aliphatic heterocycles. The molecule has 0 unspecified atom stereocenters. The highest BCUT2D eigenvalue weighted by Gasteiger charge is 2.29. The number of ether oxygens (including phenoxy) is 1. The van der Waals surface area contributed by atoms with Crippen molar-refractivity contribution in [2.45, 2.75) is 33.2 Å². The number of carbonyl (C=O) groups excluding carboxylic acids is 2. The zero-order valence-corrected chi connectivity index (χ0v) is 22.5. The van der Waals surface area contributed by atoms with Crippen LogP contribution in [0.1, 0.15) is 40.8 Å². The van der Waals surface area contributed by atoms with Crippen LogP contribution >= 0.6 is 0 Å². The number of fused-ring (bicyclic) bond motifs is 1. The van der Waals surface area contributed by atoms with Gasteiger partial charge in [0.1, 0.15) is 11.3 Å². The Kier molecular flexibility index (Phi) is 7.61. The van der Waals surface area contributed by atoms with Gasteiger partial charge in [0.25, 0.3) is 0 Å². The van der Waals surface area contributed by atoms with E-state index in [2.05, 4.69) is 53.4 Å². The first-order chi connectivity index (χ1) is 18.8. The molecule has 0 spiro atoms. The fraction of sp³-hybridized carbons (Fsp3) is 0.281. The van der Waals surface area contributed by atoms with Gasteiger partial charge in [0.15, 0.2) is 0 Å². The van der Waals surface area contributed by atoms with Crippen molar-refractivity contribution in [3.05, 3.63) is 111 Å². The minimum absolute atomic E-state index is 0.0711. The molecule has 0 radical (unpaired) electrons. The van der Waals surface area contributed by atoms with Crippen LogP contribution in [0, 0.1) is 13.8 Å². The van der Waals surface area contributed by atoms with Crippen molar-refractivity contribution in [1.82, 2.24) is 9.80 Å². The summed E-state index contributed by atoms with van der Waals surface area (Å²) in [7, 11) is 0. The highest BCUT2D eigenvalue weighted by Crippen LogP contribution is 2.32. The molecule has 2 heterocycles. The van der Waals surface area contributed by atoms with Crippen molar-refractivity contribution >= 4 is 22.8 Å². The number of hydrogen-bond donors (Lipinski definition) is 0. The maximum atomic E-state index is 13.4. The molecule has 4 aromatic rings. The van der Waals surface area contributed by atoms with Crippen molar-refractivity contribution in [3.63, 3.8) is 0 Å². The summed E-state index contributed by atoms with van der Waals surface area (Å²) in [5.74, 6) is -0.261. The zero-order chi connectivity index (χ0) is 27.5. The van der Waals surface area contributed by atoms with Crippen LogP contribution in [-0.2, 0) is 16.0 Å². The van der Waals surface area contributed by atoms with Crippen LogP contribution in [0.25, 0.3) is 11.0 Å². The van der Waals surface area contributed by atoms with E-state index < -0.39 is 11.6 Å². The lowest BCUT2D eigenvalue weighted by Gasteiger charge is -2.40. The van der Waals surface area contributed by atoms with Gasteiger partial charge >= 0.3 is 11.6 Å². The van der Waals surface area contributed by atoms with Gasteiger partial charge in [-0.15, -0.1) is 0 Å². The molecule has 7 heteroatoms. The monoisotopic (exact) mass is 524 g/mol. The Balaban J connectivity index is 1.35. The molecule has 5 rings (SSSR count). The van der Waals surface area contributed by atoms with Crippen LogP contribution in [0.4, 0.5) is 0 Å². The molecule has 7 nitrogen and oxygen atoms in total. The molecule has 0 N–H and O–H groups in total. The molecule has 1 amide bonds. The second-order valence-electron chi connectivity index (χ2n) is 10.0. The molecular weight excluding hydrogens is 492 g/mol. The average Bonchev–Trinajstić information content (AvgIpc) is 2.92.